The first-order valence-corrected chi connectivity index (χ1v) is 9.05. The monoisotopic (exact) mass is 378 g/mol. The van der Waals surface area contributed by atoms with Gasteiger partial charge in [0.05, 0.1) is 5.02 Å². The van der Waals surface area contributed by atoms with E-state index in [0.717, 1.165) is 34.9 Å². The van der Waals surface area contributed by atoms with E-state index in [1.807, 2.05) is 19.1 Å². The molecule has 4 aromatic heterocycles. The summed E-state index contributed by atoms with van der Waals surface area (Å²) < 4.78 is 1.64. The lowest BCUT2D eigenvalue weighted by atomic mass is 10.1. The van der Waals surface area contributed by atoms with Crippen molar-refractivity contribution in [1.29, 1.82) is 0 Å². The smallest absolute Gasteiger partial charge is 0.228 e. The number of nitrogens with zero attached hydrogens (tertiary/aromatic N) is 5. The Labute approximate surface area is 159 Å². The predicted octanol–water partition coefficient (Wildman–Crippen LogP) is 3.65. The normalized spacial score (nSPS) is 14.0. The number of carbonyl (C=O) groups excluding carboxylic acids is 1. The number of carbonyl (C=O) groups is 1. The fourth-order valence-corrected chi connectivity index (χ4v) is 3.21. The van der Waals surface area contributed by atoms with E-state index < -0.39 is 0 Å². The molecule has 4 aromatic rings. The Morgan fingerprint density at radius 2 is 2.07 bits per heavy atom. The molecular weight excluding hydrogens is 364 g/mol. The molecule has 8 heteroatoms. The van der Waals surface area contributed by atoms with Gasteiger partial charge >= 0.3 is 0 Å². The third-order valence-corrected chi connectivity index (χ3v) is 4.93. The lowest BCUT2D eigenvalue weighted by molar-refractivity contribution is -0.117. The maximum Gasteiger partial charge on any atom is 0.228 e. The number of rotatable bonds is 3. The van der Waals surface area contributed by atoms with Crippen LogP contribution in [0.2, 0.25) is 5.02 Å². The SMILES string of the molecule is Cc1ncc(-c2nc3ccc(Cl)cn3n2)c2cc(NC(=O)C3CC3)ncc12. The Balaban J connectivity index is 1.65. The van der Waals surface area contributed by atoms with Gasteiger partial charge in [0, 0.05) is 46.5 Å². The lowest BCUT2D eigenvalue weighted by Gasteiger charge is -2.09. The molecule has 27 heavy (non-hydrogen) atoms. The fraction of sp³-hybridized carbons (Fsp3) is 0.211. The summed E-state index contributed by atoms with van der Waals surface area (Å²) in [6, 6.07) is 5.44. The van der Waals surface area contributed by atoms with Gasteiger partial charge < -0.3 is 5.32 Å². The lowest BCUT2D eigenvalue weighted by Crippen LogP contribution is -2.14. The van der Waals surface area contributed by atoms with Gasteiger partial charge in [-0.3, -0.25) is 9.78 Å². The molecule has 1 aliphatic carbocycles. The van der Waals surface area contributed by atoms with Crippen LogP contribution in [0.15, 0.2) is 36.8 Å². The largest absolute Gasteiger partial charge is 0.310 e. The third-order valence-electron chi connectivity index (χ3n) is 4.71. The first kappa shape index (κ1) is 16.1. The number of aromatic nitrogens is 5. The summed E-state index contributed by atoms with van der Waals surface area (Å²) >= 11 is 6.04. The average molecular weight is 379 g/mol. The van der Waals surface area contributed by atoms with E-state index in [1.54, 1.807) is 29.2 Å². The number of amides is 1. The fourth-order valence-electron chi connectivity index (χ4n) is 3.06. The van der Waals surface area contributed by atoms with Crippen molar-refractivity contribution in [1.82, 2.24) is 24.6 Å². The number of pyridine rings is 3. The zero-order valence-corrected chi connectivity index (χ0v) is 15.2. The van der Waals surface area contributed by atoms with Crippen LogP contribution >= 0.6 is 11.6 Å². The molecule has 0 bridgehead atoms. The Hall–Kier alpha value is -3.06. The van der Waals surface area contributed by atoms with Gasteiger partial charge in [-0.25, -0.2) is 14.5 Å². The number of nitrogens with one attached hydrogen (secondary N) is 1. The Bertz CT molecular complexity index is 1210. The van der Waals surface area contributed by atoms with Crippen LogP contribution in [0.4, 0.5) is 5.82 Å². The van der Waals surface area contributed by atoms with Crippen molar-refractivity contribution < 1.29 is 4.79 Å². The molecule has 1 N–H and O–H groups in total. The van der Waals surface area contributed by atoms with Crippen molar-refractivity contribution in [3.63, 3.8) is 0 Å². The molecule has 0 unspecified atom stereocenters. The number of aryl methyl sites for hydroxylation is 1. The summed E-state index contributed by atoms with van der Waals surface area (Å²) in [7, 11) is 0. The molecule has 0 atom stereocenters. The summed E-state index contributed by atoms with van der Waals surface area (Å²) in [5, 5.41) is 9.79. The molecule has 0 saturated heterocycles. The van der Waals surface area contributed by atoms with E-state index >= 15 is 0 Å². The van der Waals surface area contributed by atoms with Crippen molar-refractivity contribution >= 4 is 39.7 Å². The van der Waals surface area contributed by atoms with Gasteiger partial charge in [-0.1, -0.05) is 11.6 Å². The van der Waals surface area contributed by atoms with Crippen LogP contribution in [-0.2, 0) is 4.79 Å². The molecule has 1 aliphatic rings. The van der Waals surface area contributed by atoms with E-state index in [-0.39, 0.29) is 11.8 Å². The average Bonchev–Trinajstić information content (AvgIpc) is 3.42. The van der Waals surface area contributed by atoms with Crippen molar-refractivity contribution in [2.24, 2.45) is 5.92 Å². The minimum atomic E-state index is 0.0228. The van der Waals surface area contributed by atoms with Gasteiger partial charge in [0.2, 0.25) is 5.91 Å². The molecule has 0 radical (unpaired) electrons. The molecular formula is C19H15ClN6O. The number of fused-ring (bicyclic) bond motifs is 2. The van der Waals surface area contributed by atoms with Gasteiger partial charge in [-0.05, 0) is 38.0 Å². The van der Waals surface area contributed by atoms with Gasteiger partial charge in [0.15, 0.2) is 11.5 Å². The second kappa shape index (κ2) is 5.99. The van der Waals surface area contributed by atoms with Crippen LogP contribution in [0.25, 0.3) is 27.8 Å². The number of halogens is 1. The second-order valence-electron chi connectivity index (χ2n) is 6.72. The Morgan fingerprint density at radius 1 is 1.22 bits per heavy atom. The number of hydrogen-bond donors (Lipinski definition) is 1. The predicted molar refractivity (Wildman–Crippen MR) is 103 cm³/mol. The van der Waals surface area contributed by atoms with E-state index in [0.29, 0.717) is 22.3 Å². The van der Waals surface area contributed by atoms with Crippen LogP contribution in [0.3, 0.4) is 0 Å². The van der Waals surface area contributed by atoms with Crippen LogP contribution in [0, 0.1) is 12.8 Å². The van der Waals surface area contributed by atoms with Gasteiger partial charge in [0.1, 0.15) is 5.82 Å². The van der Waals surface area contributed by atoms with Crippen LogP contribution in [0.5, 0.6) is 0 Å². The van der Waals surface area contributed by atoms with E-state index in [9.17, 15) is 4.79 Å². The van der Waals surface area contributed by atoms with Crippen LogP contribution in [0.1, 0.15) is 18.5 Å². The first-order valence-electron chi connectivity index (χ1n) is 8.67. The summed E-state index contributed by atoms with van der Waals surface area (Å²) in [5.74, 6) is 1.21. The standard InChI is InChI=1S/C19H15ClN6O/c1-10-14-7-22-16(23-19(27)11-2-3-11)6-13(14)15(8-21-10)18-24-17-5-4-12(20)9-26(17)25-18/h4-9,11H,2-3H2,1H3,(H,22,23,27). The van der Waals surface area contributed by atoms with Gasteiger partial charge in [-0.15, -0.1) is 5.10 Å². The molecule has 134 valence electrons. The first-order chi connectivity index (χ1) is 13.1. The Kier molecular flexibility index (Phi) is 3.58. The quantitative estimate of drug-likeness (QED) is 0.588. The van der Waals surface area contributed by atoms with Crippen LogP contribution in [-0.4, -0.2) is 30.5 Å². The molecule has 1 saturated carbocycles. The molecule has 1 amide bonds. The van der Waals surface area contributed by atoms with Crippen molar-refractivity contribution in [2.45, 2.75) is 19.8 Å². The minimum absolute atomic E-state index is 0.0228. The van der Waals surface area contributed by atoms with E-state index in [1.165, 1.54) is 0 Å². The van der Waals surface area contributed by atoms with Crippen molar-refractivity contribution in [3.8, 4) is 11.4 Å². The molecule has 7 nitrogen and oxygen atoms in total. The maximum atomic E-state index is 12.1. The number of anilines is 1. The van der Waals surface area contributed by atoms with E-state index in [2.05, 4.69) is 25.4 Å². The second-order valence-corrected chi connectivity index (χ2v) is 7.16. The highest BCUT2D eigenvalue weighted by Crippen LogP contribution is 2.32. The zero-order chi connectivity index (χ0) is 18.5. The van der Waals surface area contributed by atoms with E-state index in [4.69, 9.17) is 11.6 Å². The topological polar surface area (TPSA) is 85.1 Å². The summed E-state index contributed by atoms with van der Waals surface area (Å²) in [6.07, 6.45) is 7.08. The van der Waals surface area contributed by atoms with Gasteiger partial charge in [0.25, 0.3) is 0 Å². The molecule has 0 aliphatic heterocycles. The summed E-state index contributed by atoms with van der Waals surface area (Å²) in [4.78, 5) is 25.5. The maximum absolute atomic E-state index is 12.1. The minimum Gasteiger partial charge on any atom is -0.310 e. The summed E-state index contributed by atoms with van der Waals surface area (Å²) in [5.41, 5.74) is 2.33. The summed E-state index contributed by atoms with van der Waals surface area (Å²) in [6.45, 7) is 1.92. The molecule has 5 rings (SSSR count). The molecule has 0 aromatic carbocycles. The highest BCUT2D eigenvalue weighted by Gasteiger charge is 2.29. The highest BCUT2D eigenvalue weighted by molar-refractivity contribution is 6.30. The van der Waals surface area contributed by atoms with Crippen LogP contribution < -0.4 is 5.32 Å². The molecule has 4 heterocycles. The molecule has 1 fully saturated rings. The Morgan fingerprint density at radius 3 is 2.89 bits per heavy atom. The number of hydrogen-bond acceptors (Lipinski definition) is 5. The highest BCUT2D eigenvalue weighted by atomic mass is 35.5. The zero-order valence-electron chi connectivity index (χ0n) is 14.5. The third kappa shape index (κ3) is 2.90. The molecule has 0 spiro atoms. The van der Waals surface area contributed by atoms with Gasteiger partial charge in [-0.2, -0.15) is 0 Å². The van der Waals surface area contributed by atoms with Crippen molar-refractivity contribution in [2.75, 3.05) is 5.32 Å². The van der Waals surface area contributed by atoms with Crippen molar-refractivity contribution in [3.05, 3.63) is 47.5 Å².